The van der Waals surface area contributed by atoms with Gasteiger partial charge in [0.05, 0.1) is 11.9 Å². The summed E-state index contributed by atoms with van der Waals surface area (Å²) in [5.74, 6) is 0. The largest absolute Gasteiger partial charge is 0.332 e. The minimum absolute atomic E-state index is 0.443. The van der Waals surface area contributed by atoms with Crippen LogP contribution in [0.25, 0.3) is 0 Å². The molecular formula is C16H19N3O2S2. The Labute approximate surface area is 142 Å². The van der Waals surface area contributed by atoms with Crippen LogP contribution in [0.5, 0.6) is 0 Å². The molecule has 0 fully saturated rings. The molecule has 0 unspecified atom stereocenters. The van der Waals surface area contributed by atoms with E-state index in [0.29, 0.717) is 10.8 Å². The maximum Gasteiger partial charge on any atom is 0.229 e. The van der Waals surface area contributed by atoms with E-state index in [4.69, 9.17) is 12.2 Å². The van der Waals surface area contributed by atoms with Crippen molar-refractivity contribution in [3.8, 4) is 0 Å². The summed E-state index contributed by atoms with van der Waals surface area (Å²) in [4.78, 5) is 0. The summed E-state index contributed by atoms with van der Waals surface area (Å²) in [6.07, 6.45) is 1.12. The van der Waals surface area contributed by atoms with E-state index in [2.05, 4.69) is 15.4 Å². The molecular weight excluding hydrogens is 330 g/mol. The van der Waals surface area contributed by atoms with E-state index in [1.807, 2.05) is 44.2 Å². The van der Waals surface area contributed by atoms with Gasteiger partial charge in [0, 0.05) is 11.4 Å². The normalized spacial score (nSPS) is 10.9. The van der Waals surface area contributed by atoms with Crippen molar-refractivity contribution in [3.63, 3.8) is 0 Å². The first-order valence-corrected chi connectivity index (χ1v) is 9.26. The molecule has 3 N–H and O–H groups in total. The van der Waals surface area contributed by atoms with Crippen LogP contribution in [-0.2, 0) is 10.0 Å². The Morgan fingerprint density at radius 3 is 2.22 bits per heavy atom. The van der Waals surface area contributed by atoms with Gasteiger partial charge in [0.2, 0.25) is 10.0 Å². The van der Waals surface area contributed by atoms with Gasteiger partial charge < -0.3 is 10.6 Å². The van der Waals surface area contributed by atoms with Gasteiger partial charge in [-0.15, -0.1) is 0 Å². The van der Waals surface area contributed by atoms with Gasteiger partial charge in [-0.3, -0.25) is 4.72 Å². The van der Waals surface area contributed by atoms with Crippen LogP contribution in [-0.4, -0.2) is 19.8 Å². The molecule has 0 saturated carbocycles. The first-order valence-electron chi connectivity index (χ1n) is 6.97. The van der Waals surface area contributed by atoms with Crippen LogP contribution in [0, 0.1) is 13.8 Å². The molecule has 0 radical (unpaired) electrons. The molecule has 2 aromatic rings. The first-order chi connectivity index (χ1) is 10.7. The monoisotopic (exact) mass is 349 g/mol. The summed E-state index contributed by atoms with van der Waals surface area (Å²) in [5, 5.41) is 6.68. The lowest BCUT2D eigenvalue weighted by Crippen LogP contribution is -2.20. The van der Waals surface area contributed by atoms with Crippen LogP contribution in [0.4, 0.5) is 17.1 Å². The zero-order valence-electron chi connectivity index (χ0n) is 13.2. The Balaban J connectivity index is 2.14. The second-order valence-corrected chi connectivity index (χ2v) is 7.45. The number of hydrogen-bond donors (Lipinski definition) is 3. The van der Waals surface area contributed by atoms with E-state index in [-0.39, 0.29) is 0 Å². The molecule has 2 aromatic carbocycles. The van der Waals surface area contributed by atoms with Crippen LogP contribution in [0.3, 0.4) is 0 Å². The maximum absolute atomic E-state index is 11.3. The van der Waals surface area contributed by atoms with Crippen LogP contribution < -0.4 is 15.4 Å². The Bertz CT molecular complexity index is 833. The van der Waals surface area contributed by atoms with Crippen molar-refractivity contribution in [2.24, 2.45) is 0 Å². The molecule has 0 saturated heterocycles. The molecule has 0 heterocycles. The topological polar surface area (TPSA) is 70.2 Å². The summed E-state index contributed by atoms with van der Waals surface area (Å²) >= 11 is 5.33. The predicted molar refractivity (Wildman–Crippen MR) is 101 cm³/mol. The summed E-state index contributed by atoms with van der Waals surface area (Å²) in [7, 11) is -3.32. The van der Waals surface area contributed by atoms with Crippen molar-refractivity contribution >= 4 is 44.4 Å². The van der Waals surface area contributed by atoms with Crippen molar-refractivity contribution < 1.29 is 8.42 Å². The third-order valence-electron chi connectivity index (χ3n) is 3.18. The summed E-state index contributed by atoms with van der Waals surface area (Å²) in [6, 6.07) is 13.1. The molecule has 0 amide bonds. The lowest BCUT2D eigenvalue weighted by Gasteiger charge is -2.15. The number of thiocarbonyl (C=S) groups is 1. The molecule has 0 bridgehead atoms. The Morgan fingerprint density at radius 2 is 1.57 bits per heavy atom. The molecule has 2 rings (SSSR count). The van der Waals surface area contributed by atoms with E-state index in [1.54, 1.807) is 12.1 Å². The quantitative estimate of drug-likeness (QED) is 0.737. The van der Waals surface area contributed by atoms with Gasteiger partial charge in [-0.2, -0.15) is 0 Å². The minimum Gasteiger partial charge on any atom is -0.332 e. The van der Waals surface area contributed by atoms with Gasteiger partial charge in [0.15, 0.2) is 5.11 Å². The number of sulfonamides is 1. The molecule has 0 aliphatic carbocycles. The summed E-state index contributed by atoms with van der Waals surface area (Å²) < 4.78 is 25.1. The van der Waals surface area contributed by atoms with Gasteiger partial charge in [-0.05, 0) is 55.4 Å². The molecule has 0 aliphatic rings. The molecule has 0 atom stereocenters. The van der Waals surface area contributed by atoms with E-state index < -0.39 is 10.0 Å². The molecule has 5 nitrogen and oxygen atoms in total. The third kappa shape index (κ3) is 5.22. The van der Waals surface area contributed by atoms with Crippen molar-refractivity contribution in [3.05, 3.63) is 53.6 Å². The highest BCUT2D eigenvalue weighted by molar-refractivity contribution is 7.92. The fraction of sp³-hybridized carbons (Fsp3) is 0.188. The van der Waals surface area contributed by atoms with Gasteiger partial charge in [-0.1, -0.05) is 24.3 Å². The van der Waals surface area contributed by atoms with Crippen molar-refractivity contribution in [1.82, 2.24) is 0 Å². The number of hydrogen-bond acceptors (Lipinski definition) is 3. The van der Waals surface area contributed by atoms with Crippen molar-refractivity contribution in [1.29, 1.82) is 0 Å². The van der Waals surface area contributed by atoms with Crippen LogP contribution in [0.15, 0.2) is 42.5 Å². The fourth-order valence-electron chi connectivity index (χ4n) is 2.02. The molecule has 0 aromatic heterocycles. The van der Waals surface area contributed by atoms with Crippen LogP contribution >= 0.6 is 12.2 Å². The lowest BCUT2D eigenvalue weighted by molar-refractivity contribution is 0.607. The van der Waals surface area contributed by atoms with Crippen molar-refractivity contribution in [2.45, 2.75) is 13.8 Å². The standard InChI is InChI=1S/C16H19N3O2S2/c1-11-6-4-5-7-14(11)17-16(22)18-15-10-13(9-8-12(15)2)19-23(3,20)21/h4-10,19H,1-3H3,(H2,17,18,22). The molecule has 122 valence electrons. The highest BCUT2D eigenvalue weighted by atomic mass is 32.2. The zero-order valence-corrected chi connectivity index (χ0v) is 14.8. The number of para-hydroxylation sites is 1. The number of aryl methyl sites for hydroxylation is 2. The Hall–Kier alpha value is -2.12. The van der Waals surface area contributed by atoms with Gasteiger partial charge in [0.1, 0.15) is 0 Å². The number of nitrogens with one attached hydrogen (secondary N) is 3. The van der Waals surface area contributed by atoms with Gasteiger partial charge in [-0.25, -0.2) is 8.42 Å². The smallest absolute Gasteiger partial charge is 0.229 e. The lowest BCUT2D eigenvalue weighted by atomic mass is 10.2. The van der Waals surface area contributed by atoms with E-state index in [9.17, 15) is 8.42 Å². The second kappa shape index (κ2) is 6.97. The second-order valence-electron chi connectivity index (χ2n) is 5.30. The molecule has 0 spiro atoms. The average molecular weight is 349 g/mol. The summed E-state index contributed by atoms with van der Waals surface area (Å²) in [5.41, 5.74) is 4.19. The van der Waals surface area contributed by atoms with Gasteiger partial charge in [0.25, 0.3) is 0 Å². The third-order valence-corrected chi connectivity index (χ3v) is 3.99. The number of anilines is 3. The van der Waals surface area contributed by atoms with E-state index >= 15 is 0 Å². The van der Waals surface area contributed by atoms with Crippen molar-refractivity contribution in [2.75, 3.05) is 21.6 Å². The number of rotatable bonds is 4. The van der Waals surface area contributed by atoms with E-state index in [1.165, 1.54) is 0 Å². The Kier molecular flexibility index (Phi) is 5.23. The van der Waals surface area contributed by atoms with E-state index in [0.717, 1.165) is 28.8 Å². The van der Waals surface area contributed by atoms with Gasteiger partial charge >= 0.3 is 0 Å². The SMILES string of the molecule is Cc1ccccc1NC(=S)Nc1cc(NS(C)(=O)=O)ccc1C. The fourth-order valence-corrected chi connectivity index (χ4v) is 2.80. The highest BCUT2D eigenvalue weighted by Gasteiger charge is 2.07. The molecule has 0 aliphatic heterocycles. The predicted octanol–water partition coefficient (Wildman–Crippen LogP) is 3.48. The average Bonchev–Trinajstić information content (AvgIpc) is 2.43. The highest BCUT2D eigenvalue weighted by Crippen LogP contribution is 2.22. The first kappa shape index (κ1) is 17.2. The Morgan fingerprint density at radius 1 is 0.957 bits per heavy atom. The summed E-state index contributed by atoms with van der Waals surface area (Å²) in [6.45, 7) is 3.91. The minimum atomic E-state index is -3.32. The zero-order chi connectivity index (χ0) is 17.0. The number of benzene rings is 2. The van der Waals surface area contributed by atoms with Crippen LogP contribution in [0.1, 0.15) is 11.1 Å². The molecule has 23 heavy (non-hydrogen) atoms. The molecule has 7 heteroatoms. The van der Waals surface area contributed by atoms with Crippen LogP contribution in [0.2, 0.25) is 0 Å². The maximum atomic E-state index is 11.3.